The number of nitrogens with zero attached hydrogens (tertiary/aromatic N) is 1. The second-order valence-corrected chi connectivity index (χ2v) is 7.49. The third kappa shape index (κ3) is 2.26. The summed E-state index contributed by atoms with van der Waals surface area (Å²) < 4.78 is 17.0. The van der Waals surface area contributed by atoms with E-state index in [0.29, 0.717) is 17.9 Å². The van der Waals surface area contributed by atoms with E-state index in [-0.39, 0.29) is 5.54 Å². The molecule has 4 atom stereocenters. The van der Waals surface area contributed by atoms with Gasteiger partial charge in [0, 0.05) is 19.6 Å². The van der Waals surface area contributed by atoms with E-state index >= 15 is 0 Å². The maximum Gasteiger partial charge on any atom is 0.156 e. The summed E-state index contributed by atoms with van der Waals surface area (Å²) in [7, 11) is 5.34. The van der Waals surface area contributed by atoms with Crippen molar-refractivity contribution in [3.05, 3.63) is 35.3 Å². The number of ether oxygens (including phenoxy) is 3. The Morgan fingerprint density at radius 3 is 2.62 bits per heavy atom. The maximum atomic E-state index is 5.80. The average molecular weight is 331 g/mol. The van der Waals surface area contributed by atoms with Gasteiger partial charge in [0.05, 0.1) is 25.9 Å². The molecule has 0 saturated carbocycles. The number of hydrogen-bond donors (Lipinski definition) is 0. The van der Waals surface area contributed by atoms with Crippen molar-refractivity contribution in [1.82, 2.24) is 4.90 Å². The van der Waals surface area contributed by atoms with Crippen molar-refractivity contribution < 1.29 is 14.2 Å². The zero-order chi connectivity index (χ0) is 16.7. The van der Waals surface area contributed by atoms with Crippen LogP contribution >= 0.6 is 0 Å². The molecular weight excluding hydrogens is 302 g/mol. The van der Waals surface area contributed by atoms with E-state index in [4.69, 9.17) is 14.2 Å². The van der Waals surface area contributed by atoms with Crippen molar-refractivity contribution in [2.45, 2.75) is 43.7 Å². The minimum atomic E-state index is 0.111. The van der Waals surface area contributed by atoms with Crippen LogP contribution in [0.15, 0.2) is 35.3 Å². The number of fused-ring (bicyclic) bond motifs is 1. The van der Waals surface area contributed by atoms with Crippen LogP contribution < -0.4 is 0 Å². The molecule has 4 rings (SSSR count). The minimum Gasteiger partial charge on any atom is -0.493 e. The van der Waals surface area contributed by atoms with E-state index in [1.807, 2.05) is 7.11 Å². The first-order valence-corrected chi connectivity index (χ1v) is 9.22. The molecule has 2 aliphatic heterocycles. The molecule has 2 saturated heterocycles. The molecule has 0 aromatic carbocycles. The quantitative estimate of drug-likeness (QED) is 0.743. The Hall–Kier alpha value is -1.26. The molecule has 0 aromatic rings. The van der Waals surface area contributed by atoms with Gasteiger partial charge in [-0.05, 0) is 56.7 Å². The van der Waals surface area contributed by atoms with E-state index in [1.165, 1.54) is 32.4 Å². The molecule has 2 fully saturated rings. The molecule has 132 valence electrons. The number of methoxy groups -OCH3 is 3. The zero-order valence-electron chi connectivity index (χ0n) is 15.1. The van der Waals surface area contributed by atoms with E-state index in [1.54, 1.807) is 19.8 Å². The van der Waals surface area contributed by atoms with Crippen LogP contribution in [0.4, 0.5) is 0 Å². The van der Waals surface area contributed by atoms with Gasteiger partial charge in [0.1, 0.15) is 0 Å². The second kappa shape index (κ2) is 6.23. The van der Waals surface area contributed by atoms with Crippen LogP contribution in [0.3, 0.4) is 0 Å². The van der Waals surface area contributed by atoms with E-state index in [0.717, 1.165) is 24.4 Å². The zero-order valence-corrected chi connectivity index (χ0v) is 15.1. The maximum absolute atomic E-state index is 5.80. The summed E-state index contributed by atoms with van der Waals surface area (Å²) in [4.78, 5) is 2.74. The van der Waals surface area contributed by atoms with Gasteiger partial charge in [-0.3, -0.25) is 4.90 Å². The average Bonchev–Trinajstić information content (AvgIpc) is 2.92. The standard InChI is InChI=1S/C20H29NO3/c1-22-16-7-6-15-8-10-21-9-4-5-14-11-18(23-2)19(24-3)12-17(14)20(15,21)13-16/h6,11-12,14,16-17H,4-5,7-10,13H2,1-3H3/t14-,16-,17+,20-/m0/s1. The molecule has 2 aliphatic carbocycles. The smallest absolute Gasteiger partial charge is 0.156 e. The first kappa shape index (κ1) is 16.2. The lowest BCUT2D eigenvalue weighted by molar-refractivity contribution is 0.0149. The Morgan fingerprint density at radius 2 is 1.88 bits per heavy atom. The lowest BCUT2D eigenvalue weighted by atomic mass is 9.65. The first-order valence-electron chi connectivity index (χ1n) is 9.22. The fraction of sp³-hybridized carbons (Fsp3) is 0.700. The highest BCUT2D eigenvalue weighted by molar-refractivity contribution is 5.39. The Labute approximate surface area is 145 Å². The van der Waals surface area contributed by atoms with Crippen molar-refractivity contribution in [3.63, 3.8) is 0 Å². The SMILES string of the molecule is COC1=C[C@@H]2CCCN3CCC4=CC[C@H](OC)C[C@@]43[C@@H]2C=C1OC. The van der Waals surface area contributed by atoms with Gasteiger partial charge in [-0.1, -0.05) is 11.6 Å². The molecule has 0 aromatic heterocycles. The number of allylic oxidation sites excluding steroid dienone is 1. The van der Waals surface area contributed by atoms with Crippen LogP contribution in [0.5, 0.6) is 0 Å². The summed E-state index contributed by atoms with van der Waals surface area (Å²) in [6.07, 6.45) is 13.3. The molecule has 0 unspecified atom stereocenters. The molecule has 0 amide bonds. The molecule has 4 nitrogen and oxygen atoms in total. The monoisotopic (exact) mass is 331 g/mol. The molecule has 4 heteroatoms. The topological polar surface area (TPSA) is 30.9 Å². The predicted molar refractivity (Wildman–Crippen MR) is 93.4 cm³/mol. The molecule has 0 bridgehead atoms. The summed E-state index contributed by atoms with van der Waals surface area (Å²) in [5.74, 6) is 2.74. The Kier molecular flexibility index (Phi) is 4.21. The summed E-state index contributed by atoms with van der Waals surface area (Å²) in [5.41, 5.74) is 1.74. The summed E-state index contributed by atoms with van der Waals surface area (Å²) >= 11 is 0. The summed E-state index contributed by atoms with van der Waals surface area (Å²) in [5, 5.41) is 0. The van der Waals surface area contributed by atoms with Crippen LogP contribution in [-0.4, -0.2) is 51.0 Å². The number of hydrogen-bond acceptors (Lipinski definition) is 4. The van der Waals surface area contributed by atoms with Gasteiger partial charge in [0.15, 0.2) is 11.5 Å². The fourth-order valence-corrected chi connectivity index (χ4v) is 5.53. The highest BCUT2D eigenvalue weighted by Gasteiger charge is 2.55. The van der Waals surface area contributed by atoms with Gasteiger partial charge in [-0.15, -0.1) is 0 Å². The van der Waals surface area contributed by atoms with Crippen LogP contribution in [0.25, 0.3) is 0 Å². The summed E-state index contributed by atoms with van der Waals surface area (Å²) in [6.45, 7) is 2.37. The fourth-order valence-electron chi connectivity index (χ4n) is 5.53. The Morgan fingerprint density at radius 1 is 1.08 bits per heavy atom. The van der Waals surface area contributed by atoms with E-state index < -0.39 is 0 Å². The van der Waals surface area contributed by atoms with Gasteiger partial charge >= 0.3 is 0 Å². The molecular formula is C20H29NO3. The third-order valence-corrected chi connectivity index (χ3v) is 6.63. The summed E-state index contributed by atoms with van der Waals surface area (Å²) in [6, 6.07) is 0. The van der Waals surface area contributed by atoms with Gasteiger partial charge in [0.2, 0.25) is 0 Å². The third-order valence-electron chi connectivity index (χ3n) is 6.63. The molecule has 0 radical (unpaired) electrons. The minimum absolute atomic E-state index is 0.111. The van der Waals surface area contributed by atoms with Gasteiger partial charge in [-0.25, -0.2) is 0 Å². The van der Waals surface area contributed by atoms with Crippen molar-refractivity contribution in [1.29, 1.82) is 0 Å². The van der Waals surface area contributed by atoms with Crippen LogP contribution in [-0.2, 0) is 14.2 Å². The van der Waals surface area contributed by atoms with Crippen LogP contribution in [0.1, 0.15) is 32.1 Å². The van der Waals surface area contributed by atoms with Crippen molar-refractivity contribution in [3.8, 4) is 0 Å². The highest BCUT2D eigenvalue weighted by Crippen LogP contribution is 2.54. The number of rotatable bonds is 3. The highest BCUT2D eigenvalue weighted by atomic mass is 16.5. The molecule has 0 N–H and O–H groups in total. The molecule has 1 spiro atoms. The first-order chi connectivity index (χ1) is 11.7. The van der Waals surface area contributed by atoms with Crippen molar-refractivity contribution in [2.24, 2.45) is 11.8 Å². The Balaban J connectivity index is 1.81. The molecule has 2 heterocycles. The van der Waals surface area contributed by atoms with Crippen LogP contribution in [0.2, 0.25) is 0 Å². The van der Waals surface area contributed by atoms with Crippen molar-refractivity contribution in [2.75, 3.05) is 34.4 Å². The Bertz CT molecular complexity index is 594. The normalized spacial score (nSPS) is 38.8. The lowest BCUT2D eigenvalue weighted by Crippen LogP contribution is -2.54. The van der Waals surface area contributed by atoms with E-state index in [2.05, 4.69) is 23.1 Å². The van der Waals surface area contributed by atoms with E-state index in [9.17, 15) is 0 Å². The van der Waals surface area contributed by atoms with Gasteiger partial charge < -0.3 is 14.2 Å². The van der Waals surface area contributed by atoms with Gasteiger partial charge in [-0.2, -0.15) is 0 Å². The van der Waals surface area contributed by atoms with Crippen LogP contribution in [0, 0.1) is 11.8 Å². The molecule has 24 heavy (non-hydrogen) atoms. The predicted octanol–water partition coefficient (Wildman–Crippen LogP) is 3.27. The second-order valence-electron chi connectivity index (χ2n) is 7.49. The van der Waals surface area contributed by atoms with Gasteiger partial charge in [0.25, 0.3) is 0 Å². The molecule has 4 aliphatic rings. The lowest BCUT2D eigenvalue weighted by Gasteiger charge is -2.49. The largest absolute Gasteiger partial charge is 0.493 e. The van der Waals surface area contributed by atoms with Crippen molar-refractivity contribution >= 4 is 0 Å².